The third-order valence-electron chi connectivity index (χ3n) is 6.96. The van der Waals surface area contributed by atoms with E-state index in [9.17, 15) is 14.9 Å². The number of anilines is 1. The van der Waals surface area contributed by atoms with Crippen LogP contribution in [0.3, 0.4) is 0 Å². The summed E-state index contributed by atoms with van der Waals surface area (Å²) in [4.78, 5) is 29.6. The van der Waals surface area contributed by atoms with E-state index in [4.69, 9.17) is 0 Å². The second-order valence-electron chi connectivity index (χ2n) is 9.01. The van der Waals surface area contributed by atoms with Gasteiger partial charge in [0.05, 0.1) is 4.92 Å². The van der Waals surface area contributed by atoms with Gasteiger partial charge in [0.15, 0.2) is 0 Å². The van der Waals surface area contributed by atoms with Crippen LogP contribution in [0.5, 0.6) is 0 Å². The Hall–Kier alpha value is -4.13. The van der Waals surface area contributed by atoms with Gasteiger partial charge in [0.25, 0.3) is 5.69 Å². The number of nitro groups is 1. The minimum Gasteiger partial charge on any atom is -0.366 e. The standard InChI is InChI=1S/C28H28N4O3/c33-28(21-14-16-31(17-15-21)26-12-6-7-13-27(26)32(34)35)30-18-23(20-8-2-1-3-9-20)24-19-29-25-11-5-4-10-22(24)25/h1-13,19,21,23,29H,14-18H2,(H,30,33). The lowest BCUT2D eigenvalue weighted by Crippen LogP contribution is -2.41. The van der Waals surface area contributed by atoms with Gasteiger partial charge in [-0.25, -0.2) is 0 Å². The number of benzene rings is 3. The molecule has 1 aliphatic rings. The quantitative estimate of drug-likeness (QED) is 0.287. The molecule has 1 aliphatic heterocycles. The molecule has 0 saturated carbocycles. The number of rotatable bonds is 7. The van der Waals surface area contributed by atoms with Crippen LogP contribution in [0.4, 0.5) is 11.4 Å². The fraction of sp³-hybridized carbons (Fsp3) is 0.250. The van der Waals surface area contributed by atoms with Crippen molar-refractivity contribution in [1.29, 1.82) is 0 Å². The molecule has 3 aromatic carbocycles. The highest BCUT2D eigenvalue weighted by molar-refractivity contribution is 5.84. The van der Waals surface area contributed by atoms with E-state index in [0.29, 0.717) is 38.2 Å². The molecule has 1 unspecified atom stereocenters. The van der Waals surface area contributed by atoms with E-state index in [1.807, 2.05) is 47.5 Å². The summed E-state index contributed by atoms with van der Waals surface area (Å²) in [5.41, 5.74) is 4.14. The van der Waals surface area contributed by atoms with Gasteiger partial charge in [-0.05, 0) is 36.1 Å². The lowest BCUT2D eigenvalue weighted by atomic mass is 9.90. The van der Waals surface area contributed by atoms with Gasteiger partial charge < -0.3 is 15.2 Å². The van der Waals surface area contributed by atoms with Crippen molar-refractivity contribution in [3.8, 4) is 0 Å². The lowest BCUT2D eigenvalue weighted by Gasteiger charge is -2.33. The van der Waals surface area contributed by atoms with Crippen molar-refractivity contribution < 1.29 is 9.72 Å². The van der Waals surface area contributed by atoms with Crippen LogP contribution < -0.4 is 10.2 Å². The molecule has 178 valence electrons. The smallest absolute Gasteiger partial charge is 0.292 e. The maximum absolute atomic E-state index is 13.1. The predicted molar refractivity (Wildman–Crippen MR) is 138 cm³/mol. The second-order valence-corrected chi connectivity index (χ2v) is 9.01. The second kappa shape index (κ2) is 10.0. The number of aromatic amines is 1. The Balaban J connectivity index is 1.27. The number of hydrogen-bond acceptors (Lipinski definition) is 4. The van der Waals surface area contributed by atoms with Crippen LogP contribution >= 0.6 is 0 Å². The number of para-hydroxylation sites is 3. The van der Waals surface area contributed by atoms with E-state index in [0.717, 1.165) is 16.5 Å². The Bertz CT molecular complexity index is 1330. The van der Waals surface area contributed by atoms with Gasteiger partial charge in [0.1, 0.15) is 5.69 Å². The number of H-pyrrole nitrogens is 1. The maximum Gasteiger partial charge on any atom is 0.292 e. The van der Waals surface area contributed by atoms with Crippen LogP contribution in [-0.2, 0) is 4.79 Å². The highest BCUT2D eigenvalue weighted by Gasteiger charge is 2.29. The lowest BCUT2D eigenvalue weighted by molar-refractivity contribution is -0.384. The number of hydrogen-bond donors (Lipinski definition) is 2. The summed E-state index contributed by atoms with van der Waals surface area (Å²) in [6.45, 7) is 1.75. The van der Waals surface area contributed by atoms with Gasteiger partial charge in [-0.1, -0.05) is 60.7 Å². The molecule has 1 saturated heterocycles. The van der Waals surface area contributed by atoms with E-state index in [2.05, 4.69) is 34.6 Å². The molecule has 5 rings (SSSR count). The number of nitrogens with one attached hydrogen (secondary N) is 2. The molecule has 2 heterocycles. The molecule has 1 atom stereocenters. The zero-order valence-corrected chi connectivity index (χ0v) is 19.4. The molecule has 0 radical (unpaired) electrons. The van der Waals surface area contributed by atoms with Crippen molar-refractivity contribution in [2.24, 2.45) is 5.92 Å². The fourth-order valence-corrected chi connectivity index (χ4v) is 5.09. The molecule has 7 nitrogen and oxygen atoms in total. The van der Waals surface area contributed by atoms with Gasteiger partial charge in [-0.3, -0.25) is 14.9 Å². The summed E-state index contributed by atoms with van der Waals surface area (Å²) in [5, 5.41) is 15.8. The van der Waals surface area contributed by atoms with Gasteiger partial charge in [0, 0.05) is 54.6 Å². The monoisotopic (exact) mass is 468 g/mol. The molecule has 35 heavy (non-hydrogen) atoms. The molecule has 2 N–H and O–H groups in total. The largest absolute Gasteiger partial charge is 0.366 e. The highest BCUT2D eigenvalue weighted by Crippen LogP contribution is 2.32. The Morgan fingerprint density at radius 1 is 1.00 bits per heavy atom. The van der Waals surface area contributed by atoms with Crippen molar-refractivity contribution in [3.05, 3.63) is 106 Å². The highest BCUT2D eigenvalue weighted by atomic mass is 16.6. The van der Waals surface area contributed by atoms with E-state index in [1.54, 1.807) is 12.1 Å². The van der Waals surface area contributed by atoms with Crippen LogP contribution in [-0.4, -0.2) is 35.4 Å². The molecule has 1 aromatic heterocycles. The first kappa shape index (κ1) is 22.7. The third-order valence-corrected chi connectivity index (χ3v) is 6.96. The fourth-order valence-electron chi connectivity index (χ4n) is 5.09. The number of carbonyl (C=O) groups is 1. The Labute approximate surface area is 203 Å². The van der Waals surface area contributed by atoms with Crippen molar-refractivity contribution in [2.75, 3.05) is 24.5 Å². The van der Waals surface area contributed by atoms with Crippen molar-refractivity contribution in [3.63, 3.8) is 0 Å². The number of carbonyl (C=O) groups excluding carboxylic acids is 1. The number of nitro benzene ring substituents is 1. The van der Waals surface area contributed by atoms with Crippen LogP contribution in [0.25, 0.3) is 10.9 Å². The zero-order chi connectivity index (χ0) is 24.2. The normalized spacial score (nSPS) is 15.1. The molecule has 4 aromatic rings. The third kappa shape index (κ3) is 4.75. The first-order chi connectivity index (χ1) is 17.1. The molecular formula is C28H28N4O3. The summed E-state index contributed by atoms with van der Waals surface area (Å²) in [6.07, 6.45) is 3.38. The van der Waals surface area contributed by atoms with Gasteiger partial charge >= 0.3 is 0 Å². The SMILES string of the molecule is O=C(NCC(c1ccccc1)c1c[nH]c2ccccc12)C1CCN(c2ccccc2[N+](=O)[O-])CC1. The number of nitrogens with zero attached hydrogens (tertiary/aromatic N) is 2. The van der Waals surface area contributed by atoms with Gasteiger partial charge in [0.2, 0.25) is 5.91 Å². The number of piperidine rings is 1. The number of amides is 1. The molecule has 1 fully saturated rings. The summed E-state index contributed by atoms with van der Waals surface area (Å²) < 4.78 is 0. The number of aromatic nitrogens is 1. The molecule has 0 aliphatic carbocycles. The Morgan fingerprint density at radius 3 is 2.46 bits per heavy atom. The summed E-state index contributed by atoms with van der Waals surface area (Å²) >= 11 is 0. The average Bonchev–Trinajstić information content (AvgIpc) is 3.33. The minimum atomic E-state index is -0.345. The molecular weight excluding hydrogens is 440 g/mol. The first-order valence-corrected chi connectivity index (χ1v) is 12.0. The number of fused-ring (bicyclic) bond motifs is 1. The Morgan fingerprint density at radius 2 is 1.69 bits per heavy atom. The van der Waals surface area contributed by atoms with Crippen LogP contribution in [0.1, 0.15) is 29.9 Å². The van der Waals surface area contributed by atoms with E-state index in [-0.39, 0.29) is 28.4 Å². The molecule has 0 bridgehead atoms. The van der Waals surface area contributed by atoms with Crippen LogP contribution in [0, 0.1) is 16.0 Å². The summed E-state index contributed by atoms with van der Waals surface area (Å²) in [5.74, 6) is -0.0234. The Kier molecular flexibility index (Phi) is 6.48. The van der Waals surface area contributed by atoms with Crippen LogP contribution in [0.2, 0.25) is 0 Å². The predicted octanol–water partition coefficient (Wildman–Crippen LogP) is 5.24. The minimum absolute atomic E-state index is 0.0309. The van der Waals surface area contributed by atoms with Crippen molar-refractivity contribution in [1.82, 2.24) is 10.3 Å². The summed E-state index contributed by atoms with van der Waals surface area (Å²) in [6, 6.07) is 25.3. The average molecular weight is 469 g/mol. The van der Waals surface area contributed by atoms with Gasteiger partial charge in [-0.2, -0.15) is 0 Å². The van der Waals surface area contributed by atoms with Crippen LogP contribution in [0.15, 0.2) is 85.1 Å². The van der Waals surface area contributed by atoms with E-state index < -0.39 is 0 Å². The summed E-state index contributed by atoms with van der Waals surface area (Å²) in [7, 11) is 0. The van der Waals surface area contributed by atoms with E-state index >= 15 is 0 Å². The van der Waals surface area contributed by atoms with Crippen molar-refractivity contribution >= 4 is 28.2 Å². The van der Waals surface area contributed by atoms with Crippen molar-refractivity contribution in [2.45, 2.75) is 18.8 Å². The maximum atomic E-state index is 13.1. The van der Waals surface area contributed by atoms with Gasteiger partial charge in [-0.15, -0.1) is 0 Å². The molecule has 1 amide bonds. The molecule has 7 heteroatoms. The molecule has 0 spiro atoms. The van der Waals surface area contributed by atoms with E-state index in [1.165, 1.54) is 11.6 Å². The topological polar surface area (TPSA) is 91.3 Å². The first-order valence-electron chi connectivity index (χ1n) is 12.0. The zero-order valence-electron chi connectivity index (χ0n) is 19.4.